The number of nitrogens with one attached hydrogen (secondary N) is 1. The normalized spacial score (nSPS) is 21.7. The predicted octanol–water partition coefficient (Wildman–Crippen LogP) is 3.02. The van der Waals surface area contributed by atoms with Crippen LogP contribution in [0.3, 0.4) is 0 Å². The van der Waals surface area contributed by atoms with Gasteiger partial charge in [0.05, 0.1) is 18.8 Å². The van der Waals surface area contributed by atoms with E-state index in [4.69, 9.17) is 21.7 Å². The third-order valence-corrected chi connectivity index (χ3v) is 4.88. The Morgan fingerprint density at radius 2 is 2.00 bits per heavy atom. The summed E-state index contributed by atoms with van der Waals surface area (Å²) in [6.07, 6.45) is 0. The van der Waals surface area contributed by atoms with Gasteiger partial charge in [-0.1, -0.05) is 18.2 Å². The van der Waals surface area contributed by atoms with Crippen molar-refractivity contribution in [3.05, 3.63) is 50.5 Å². The van der Waals surface area contributed by atoms with Crippen LogP contribution in [0.15, 0.2) is 29.1 Å². The van der Waals surface area contributed by atoms with Crippen molar-refractivity contribution in [3.63, 3.8) is 0 Å². The van der Waals surface area contributed by atoms with Crippen molar-refractivity contribution in [1.29, 1.82) is 0 Å². The van der Waals surface area contributed by atoms with Crippen LogP contribution in [0, 0.1) is 10.7 Å². The number of H-pyrrole nitrogens is 1. The Labute approximate surface area is 138 Å². The van der Waals surface area contributed by atoms with Crippen LogP contribution in [-0.4, -0.2) is 22.8 Å². The van der Waals surface area contributed by atoms with Crippen molar-refractivity contribution < 1.29 is 9.47 Å². The lowest BCUT2D eigenvalue weighted by Crippen LogP contribution is -2.40. The SMILES string of the molecule is CC(C)n1c(=S)[nH]c2c(c1=O)C1c3ccccc3OCC1CO2. The summed E-state index contributed by atoms with van der Waals surface area (Å²) in [5.74, 6) is 1.47. The van der Waals surface area contributed by atoms with E-state index >= 15 is 0 Å². The van der Waals surface area contributed by atoms with E-state index in [9.17, 15) is 4.79 Å². The maximum absolute atomic E-state index is 13.1. The van der Waals surface area contributed by atoms with Crippen molar-refractivity contribution in [2.45, 2.75) is 25.8 Å². The summed E-state index contributed by atoms with van der Waals surface area (Å²) in [5, 5.41) is 0. The summed E-state index contributed by atoms with van der Waals surface area (Å²) < 4.78 is 13.6. The summed E-state index contributed by atoms with van der Waals surface area (Å²) >= 11 is 5.33. The highest BCUT2D eigenvalue weighted by Gasteiger charge is 2.40. The standard InChI is InChI=1S/C17H18N2O3S/c1-9(2)19-16(20)14-13-10(8-22-15(14)18-17(19)23)7-21-12-6-4-3-5-11(12)13/h3-6,9-10,13H,7-8H2,1-2H3,(H,18,23). The quantitative estimate of drug-likeness (QED) is 0.817. The molecule has 120 valence electrons. The lowest BCUT2D eigenvalue weighted by Gasteiger charge is -2.37. The molecule has 2 aromatic rings. The minimum absolute atomic E-state index is 0.00740. The molecule has 1 aromatic heterocycles. The zero-order chi connectivity index (χ0) is 16.1. The molecule has 0 aliphatic carbocycles. The Balaban J connectivity index is 2.00. The first-order chi connectivity index (χ1) is 11.1. The van der Waals surface area contributed by atoms with Crippen LogP contribution in [0.4, 0.5) is 0 Å². The van der Waals surface area contributed by atoms with E-state index in [1.807, 2.05) is 38.1 Å². The molecule has 2 unspecified atom stereocenters. The van der Waals surface area contributed by atoms with E-state index in [2.05, 4.69) is 4.98 Å². The first-order valence-corrected chi connectivity index (χ1v) is 8.22. The number of nitrogens with zero attached hydrogens (tertiary/aromatic N) is 1. The predicted molar refractivity (Wildman–Crippen MR) is 89.0 cm³/mol. The van der Waals surface area contributed by atoms with E-state index in [1.165, 1.54) is 0 Å². The first-order valence-electron chi connectivity index (χ1n) is 7.81. The van der Waals surface area contributed by atoms with Gasteiger partial charge in [-0.15, -0.1) is 0 Å². The molecule has 0 bridgehead atoms. The van der Waals surface area contributed by atoms with E-state index in [0.717, 1.165) is 11.3 Å². The summed E-state index contributed by atoms with van der Waals surface area (Å²) in [6.45, 7) is 4.98. The van der Waals surface area contributed by atoms with Gasteiger partial charge in [0.25, 0.3) is 5.56 Å². The highest BCUT2D eigenvalue weighted by atomic mass is 32.1. The van der Waals surface area contributed by atoms with Crippen molar-refractivity contribution >= 4 is 12.2 Å². The van der Waals surface area contributed by atoms with Crippen LogP contribution in [0.25, 0.3) is 0 Å². The number of rotatable bonds is 1. The molecule has 4 rings (SSSR count). The zero-order valence-electron chi connectivity index (χ0n) is 13.0. The molecule has 0 fully saturated rings. The molecule has 0 spiro atoms. The number of hydrogen-bond acceptors (Lipinski definition) is 4. The average molecular weight is 330 g/mol. The molecular weight excluding hydrogens is 312 g/mol. The number of aromatic nitrogens is 2. The Morgan fingerprint density at radius 1 is 1.26 bits per heavy atom. The fourth-order valence-electron chi connectivity index (χ4n) is 3.54. The molecule has 0 saturated carbocycles. The van der Waals surface area contributed by atoms with Crippen molar-refractivity contribution in [2.24, 2.45) is 5.92 Å². The molecule has 6 heteroatoms. The molecule has 3 heterocycles. The number of fused-ring (bicyclic) bond motifs is 5. The summed E-state index contributed by atoms with van der Waals surface area (Å²) in [6, 6.07) is 7.90. The Morgan fingerprint density at radius 3 is 2.78 bits per heavy atom. The Bertz CT molecular complexity index is 884. The van der Waals surface area contributed by atoms with Crippen LogP contribution >= 0.6 is 12.2 Å². The lowest BCUT2D eigenvalue weighted by molar-refractivity contribution is 0.120. The maximum Gasteiger partial charge on any atom is 0.262 e. The highest BCUT2D eigenvalue weighted by molar-refractivity contribution is 7.71. The van der Waals surface area contributed by atoms with Gasteiger partial charge in [-0.2, -0.15) is 0 Å². The topological polar surface area (TPSA) is 56.2 Å². The minimum Gasteiger partial charge on any atom is -0.493 e. The number of ether oxygens (including phenoxy) is 2. The second-order valence-corrected chi connectivity index (χ2v) is 6.73. The fraction of sp³-hybridized carbons (Fsp3) is 0.412. The number of hydrogen-bond donors (Lipinski definition) is 1. The number of para-hydroxylation sites is 1. The average Bonchev–Trinajstić information content (AvgIpc) is 2.53. The summed E-state index contributed by atoms with van der Waals surface area (Å²) in [5.41, 5.74) is 1.65. The first kappa shape index (κ1) is 14.5. The van der Waals surface area contributed by atoms with Gasteiger partial charge in [0.1, 0.15) is 5.75 Å². The molecule has 1 aromatic carbocycles. The van der Waals surface area contributed by atoms with Crippen molar-refractivity contribution in [1.82, 2.24) is 9.55 Å². The maximum atomic E-state index is 13.1. The van der Waals surface area contributed by atoms with Crippen molar-refractivity contribution in [3.8, 4) is 11.6 Å². The summed E-state index contributed by atoms with van der Waals surface area (Å²) in [4.78, 5) is 16.2. The third kappa shape index (κ3) is 2.12. The van der Waals surface area contributed by atoms with Gasteiger partial charge in [-0.25, -0.2) is 0 Å². The van der Waals surface area contributed by atoms with Gasteiger partial charge in [0.15, 0.2) is 4.77 Å². The highest BCUT2D eigenvalue weighted by Crippen LogP contribution is 2.45. The molecular formula is C17H18N2O3S. The summed E-state index contributed by atoms with van der Waals surface area (Å²) in [7, 11) is 0. The molecule has 0 amide bonds. The van der Waals surface area contributed by atoms with Gasteiger partial charge < -0.3 is 14.5 Å². The van der Waals surface area contributed by atoms with Crippen LogP contribution < -0.4 is 15.0 Å². The van der Waals surface area contributed by atoms with Crippen LogP contribution in [-0.2, 0) is 0 Å². The van der Waals surface area contributed by atoms with Gasteiger partial charge in [0.2, 0.25) is 5.88 Å². The Kier molecular flexibility index (Phi) is 3.30. The fourth-order valence-corrected chi connectivity index (χ4v) is 3.93. The van der Waals surface area contributed by atoms with Crippen LogP contribution in [0.2, 0.25) is 0 Å². The minimum atomic E-state index is -0.0647. The number of benzene rings is 1. The van der Waals surface area contributed by atoms with E-state index in [-0.39, 0.29) is 23.4 Å². The van der Waals surface area contributed by atoms with E-state index in [1.54, 1.807) is 4.57 Å². The molecule has 5 nitrogen and oxygen atoms in total. The molecule has 2 aliphatic heterocycles. The largest absolute Gasteiger partial charge is 0.493 e. The van der Waals surface area contributed by atoms with E-state index in [0.29, 0.717) is 29.4 Å². The zero-order valence-corrected chi connectivity index (χ0v) is 13.9. The molecule has 0 radical (unpaired) electrons. The monoisotopic (exact) mass is 330 g/mol. The van der Waals surface area contributed by atoms with Crippen LogP contribution in [0.5, 0.6) is 11.6 Å². The number of aromatic amines is 1. The molecule has 2 atom stereocenters. The van der Waals surface area contributed by atoms with Crippen LogP contribution in [0.1, 0.15) is 36.9 Å². The Hall–Kier alpha value is -2.08. The molecule has 2 aliphatic rings. The third-order valence-electron chi connectivity index (χ3n) is 4.58. The second-order valence-electron chi connectivity index (χ2n) is 6.34. The van der Waals surface area contributed by atoms with Crippen molar-refractivity contribution in [2.75, 3.05) is 13.2 Å². The molecule has 0 saturated heterocycles. The molecule has 23 heavy (non-hydrogen) atoms. The van der Waals surface area contributed by atoms with Gasteiger partial charge in [-0.05, 0) is 32.1 Å². The van der Waals surface area contributed by atoms with Gasteiger partial charge in [-0.3, -0.25) is 9.36 Å². The van der Waals surface area contributed by atoms with Gasteiger partial charge >= 0.3 is 0 Å². The smallest absolute Gasteiger partial charge is 0.262 e. The molecule has 1 N–H and O–H groups in total. The van der Waals surface area contributed by atoms with Gasteiger partial charge in [0, 0.05) is 23.4 Å². The van der Waals surface area contributed by atoms with E-state index < -0.39 is 0 Å². The second kappa shape index (κ2) is 5.23. The lowest BCUT2D eigenvalue weighted by atomic mass is 9.79.